The lowest BCUT2D eigenvalue weighted by atomic mass is 10.1. The molecule has 0 radical (unpaired) electrons. The fourth-order valence-corrected chi connectivity index (χ4v) is 3.02. The molecule has 0 saturated heterocycles. The number of halogens is 4. The molecule has 0 bridgehead atoms. The van der Waals surface area contributed by atoms with Gasteiger partial charge in [0, 0.05) is 36.9 Å². The van der Waals surface area contributed by atoms with Gasteiger partial charge >= 0.3 is 6.18 Å². The first-order valence-corrected chi connectivity index (χ1v) is 10.3. The summed E-state index contributed by atoms with van der Waals surface area (Å²) in [6, 6.07) is 8.52. The molecule has 0 amide bonds. The molecular weight excluding hydrogens is 474 g/mol. The number of alkyl halides is 3. The van der Waals surface area contributed by atoms with Gasteiger partial charge in [0.15, 0.2) is 0 Å². The van der Waals surface area contributed by atoms with E-state index in [1.54, 1.807) is 7.05 Å². The first-order valence-electron chi connectivity index (χ1n) is 10.3. The van der Waals surface area contributed by atoms with Crippen molar-refractivity contribution in [3.8, 4) is 23.5 Å². The predicted octanol–water partition coefficient (Wildman–Crippen LogP) is 5.73. The molecule has 0 aliphatic rings. The number of nitrogens with one attached hydrogen (secondary N) is 5. The van der Waals surface area contributed by atoms with Crippen LogP contribution in [-0.4, -0.2) is 23.2 Å². The Balaban J connectivity index is 2.06. The highest BCUT2D eigenvalue weighted by Gasteiger charge is 2.30. The Morgan fingerprint density at radius 2 is 1.86 bits per heavy atom. The molecule has 0 aliphatic heterocycles. The molecule has 5 N–H and O–H groups in total. The van der Waals surface area contributed by atoms with E-state index in [0.29, 0.717) is 22.5 Å². The van der Waals surface area contributed by atoms with Gasteiger partial charge in [0.2, 0.25) is 5.95 Å². The minimum Gasteiger partial charge on any atom is -0.392 e. The van der Waals surface area contributed by atoms with Crippen molar-refractivity contribution in [2.24, 2.45) is 0 Å². The summed E-state index contributed by atoms with van der Waals surface area (Å²) >= 11 is 0. The van der Waals surface area contributed by atoms with Crippen molar-refractivity contribution in [2.45, 2.75) is 6.18 Å². The van der Waals surface area contributed by atoms with Crippen molar-refractivity contribution in [3.63, 3.8) is 0 Å². The van der Waals surface area contributed by atoms with Gasteiger partial charge in [0.05, 0.1) is 22.6 Å². The van der Waals surface area contributed by atoms with Crippen LogP contribution in [0.3, 0.4) is 0 Å². The quantitative estimate of drug-likeness (QED) is 0.148. The smallest absolute Gasteiger partial charge is 0.392 e. The number of anilines is 4. The van der Waals surface area contributed by atoms with Crippen molar-refractivity contribution in [3.05, 3.63) is 84.2 Å². The van der Waals surface area contributed by atoms with E-state index in [9.17, 15) is 17.6 Å². The fraction of sp³-hybridized carbons (Fsp3) is 0.0800. The van der Waals surface area contributed by atoms with Crippen molar-refractivity contribution in [2.75, 3.05) is 23.0 Å². The third kappa shape index (κ3) is 6.38. The molecule has 184 valence electrons. The van der Waals surface area contributed by atoms with Gasteiger partial charge in [0.25, 0.3) is 0 Å². The average molecular weight is 495 g/mol. The predicted molar refractivity (Wildman–Crippen MR) is 133 cm³/mol. The first-order chi connectivity index (χ1) is 17.1. The highest BCUT2D eigenvalue weighted by atomic mass is 19.4. The van der Waals surface area contributed by atoms with E-state index >= 15 is 0 Å². The number of allylic oxidation sites excluding steroid dienone is 2. The van der Waals surface area contributed by atoms with E-state index in [4.69, 9.17) is 11.8 Å². The highest BCUT2D eigenvalue weighted by molar-refractivity contribution is 5.82. The number of benzene rings is 2. The number of hydrogen-bond donors (Lipinski definition) is 5. The van der Waals surface area contributed by atoms with Crippen molar-refractivity contribution in [1.82, 2.24) is 15.3 Å². The molecular formula is C25H21F4N7. The van der Waals surface area contributed by atoms with Gasteiger partial charge in [-0.2, -0.15) is 18.2 Å². The summed E-state index contributed by atoms with van der Waals surface area (Å²) in [6.07, 6.45) is 4.72. The molecule has 0 spiro atoms. The van der Waals surface area contributed by atoms with E-state index in [0.717, 1.165) is 18.3 Å². The largest absolute Gasteiger partial charge is 0.416 e. The maximum absolute atomic E-state index is 14.7. The third-order valence-corrected chi connectivity index (χ3v) is 4.71. The molecule has 0 fully saturated rings. The zero-order valence-electron chi connectivity index (χ0n) is 19.0. The SMILES string of the molecule is C#CC(=C)Nc1ccc(F)c(Nc2nc(N/C(C=N)=C/NC)ncc2-c2ccc(C(F)(F)F)cc2)c1. The van der Waals surface area contributed by atoms with Crippen LogP contribution in [-0.2, 0) is 6.18 Å². The van der Waals surface area contributed by atoms with Crippen LogP contribution in [0.5, 0.6) is 0 Å². The lowest BCUT2D eigenvalue weighted by molar-refractivity contribution is -0.137. The number of nitrogens with zero attached hydrogens (tertiary/aromatic N) is 2. The number of rotatable bonds is 9. The third-order valence-electron chi connectivity index (χ3n) is 4.71. The monoisotopic (exact) mass is 495 g/mol. The van der Waals surface area contributed by atoms with Crippen LogP contribution in [0, 0.1) is 23.6 Å². The standard InChI is InChI=1S/C25H21F4N7/c1-4-15(2)33-18-9-10-21(26)22(11-18)35-23-20(16-5-7-17(8-6-16)25(27,28)29)14-32-24(36-23)34-19(12-30)13-31-3/h1,5-14,30-31,33H,2H2,3H3,(H2,32,34,35,36)/b19-13+,30-12?. The molecule has 2 aromatic carbocycles. The number of hydrogen-bond acceptors (Lipinski definition) is 7. The van der Waals surface area contributed by atoms with E-state index in [1.807, 2.05) is 0 Å². The molecule has 11 heteroatoms. The summed E-state index contributed by atoms with van der Waals surface area (Å²) in [5, 5.41) is 18.8. The van der Waals surface area contributed by atoms with Crippen LogP contribution in [0.1, 0.15) is 5.56 Å². The molecule has 36 heavy (non-hydrogen) atoms. The zero-order chi connectivity index (χ0) is 26.3. The summed E-state index contributed by atoms with van der Waals surface area (Å²) in [5.74, 6) is 1.88. The van der Waals surface area contributed by atoms with Gasteiger partial charge < -0.3 is 26.7 Å². The summed E-state index contributed by atoms with van der Waals surface area (Å²) in [6.45, 7) is 3.65. The van der Waals surface area contributed by atoms with E-state index < -0.39 is 17.6 Å². The lowest BCUT2D eigenvalue weighted by Crippen LogP contribution is -2.10. The Morgan fingerprint density at radius 1 is 1.14 bits per heavy atom. The Hall–Kier alpha value is -4.85. The second-order valence-electron chi connectivity index (χ2n) is 7.26. The van der Waals surface area contributed by atoms with E-state index in [1.165, 1.54) is 42.7 Å². The van der Waals surface area contributed by atoms with Gasteiger partial charge in [-0.1, -0.05) is 24.6 Å². The van der Waals surface area contributed by atoms with Crippen LogP contribution in [0.25, 0.3) is 11.1 Å². The number of aromatic nitrogens is 2. The molecule has 1 heterocycles. The topological polar surface area (TPSA) is 97.8 Å². The van der Waals surface area contributed by atoms with Crippen LogP contribution in [0.15, 0.2) is 72.8 Å². The van der Waals surface area contributed by atoms with Gasteiger partial charge in [-0.3, -0.25) is 0 Å². The molecule has 0 saturated carbocycles. The van der Waals surface area contributed by atoms with Gasteiger partial charge in [-0.15, -0.1) is 6.42 Å². The van der Waals surface area contributed by atoms with Crippen LogP contribution in [0.4, 0.5) is 40.7 Å². The Kier molecular flexibility index (Phi) is 7.91. The number of terminal acetylenes is 1. The minimum atomic E-state index is -4.49. The molecule has 0 atom stereocenters. The maximum Gasteiger partial charge on any atom is 0.416 e. The summed E-state index contributed by atoms with van der Waals surface area (Å²) in [5.41, 5.74) is 0.929. The first kappa shape index (κ1) is 25.8. The zero-order valence-corrected chi connectivity index (χ0v) is 19.0. The fourth-order valence-electron chi connectivity index (χ4n) is 3.02. The van der Waals surface area contributed by atoms with Crippen LogP contribution >= 0.6 is 0 Å². The molecule has 3 rings (SSSR count). The van der Waals surface area contributed by atoms with Crippen molar-refractivity contribution >= 4 is 29.4 Å². The average Bonchev–Trinajstić information content (AvgIpc) is 2.85. The molecule has 0 unspecified atom stereocenters. The van der Waals surface area contributed by atoms with Crippen molar-refractivity contribution in [1.29, 1.82) is 5.41 Å². The van der Waals surface area contributed by atoms with Crippen LogP contribution < -0.4 is 21.3 Å². The van der Waals surface area contributed by atoms with E-state index in [2.05, 4.69) is 43.7 Å². The molecule has 7 nitrogen and oxygen atoms in total. The summed E-state index contributed by atoms with van der Waals surface area (Å²) in [7, 11) is 1.64. The second kappa shape index (κ2) is 11.1. The highest BCUT2D eigenvalue weighted by Crippen LogP contribution is 2.34. The van der Waals surface area contributed by atoms with Gasteiger partial charge in [-0.05, 0) is 35.9 Å². The van der Waals surface area contributed by atoms with E-state index in [-0.39, 0.29) is 23.2 Å². The second-order valence-corrected chi connectivity index (χ2v) is 7.26. The Morgan fingerprint density at radius 3 is 2.47 bits per heavy atom. The molecule has 0 aliphatic carbocycles. The summed E-state index contributed by atoms with van der Waals surface area (Å²) in [4.78, 5) is 8.56. The maximum atomic E-state index is 14.7. The van der Waals surface area contributed by atoms with Crippen LogP contribution in [0.2, 0.25) is 0 Å². The van der Waals surface area contributed by atoms with Gasteiger partial charge in [0.1, 0.15) is 11.6 Å². The summed E-state index contributed by atoms with van der Waals surface area (Å²) < 4.78 is 53.7. The Labute approximate surface area is 204 Å². The Bertz CT molecular complexity index is 1340. The minimum absolute atomic E-state index is 0.0145. The molecule has 3 aromatic rings. The van der Waals surface area contributed by atoms with Crippen molar-refractivity contribution < 1.29 is 17.6 Å². The molecule has 1 aromatic heterocycles. The lowest BCUT2D eigenvalue weighted by Gasteiger charge is -2.15. The normalized spacial score (nSPS) is 11.3. The van der Waals surface area contributed by atoms with Gasteiger partial charge in [-0.25, -0.2) is 9.37 Å².